The van der Waals surface area contributed by atoms with Crippen molar-refractivity contribution in [2.45, 2.75) is 63.7 Å². The molecule has 0 bridgehead atoms. The van der Waals surface area contributed by atoms with Crippen LogP contribution in [0.4, 0.5) is 13.2 Å². The van der Waals surface area contributed by atoms with Gasteiger partial charge in [0.05, 0.1) is 0 Å². The molecule has 0 saturated heterocycles. The Balaban J connectivity index is 1.50. The number of carbonyl (C=O) groups is 1. The molecule has 1 aromatic carbocycles. The summed E-state index contributed by atoms with van der Waals surface area (Å²) in [6.07, 6.45) is 5.40. The number of pyridine rings is 1. The van der Waals surface area contributed by atoms with Crippen molar-refractivity contribution in [1.29, 1.82) is 0 Å². The number of carbonyl (C=O) groups excluding carboxylic acids is 1. The number of nitrogens with zero attached hydrogens (tertiary/aromatic N) is 1. The molecule has 0 N–H and O–H groups in total. The summed E-state index contributed by atoms with van der Waals surface area (Å²) in [6.45, 7) is 2.02. The Labute approximate surface area is 163 Å². The SMILES string of the molecule is CCc1ccc(C2CC2)c(C(=O)C2CCC(c3cc(F)c(F)cc3F)CC2)n1. The van der Waals surface area contributed by atoms with E-state index in [1.807, 2.05) is 13.0 Å². The molecule has 2 nitrogen and oxygen atoms in total. The Morgan fingerprint density at radius 3 is 2.14 bits per heavy atom. The Kier molecular flexibility index (Phi) is 5.26. The highest BCUT2D eigenvalue weighted by molar-refractivity contribution is 5.97. The maximum absolute atomic E-state index is 14.1. The van der Waals surface area contributed by atoms with Gasteiger partial charge in [-0.2, -0.15) is 0 Å². The summed E-state index contributed by atoms with van der Waals surface area (Å²) >= 11 is 0. The second-order valence-electron chi connectivity index (χ2n) is 8.07. The molecule has 2 aromatic rings. The van der Waals surface area contributed by atoms with Gasteiger partial charge in [-0.25, -0.2) is 18.2 Å². The largest absolute Gasteiger partial charge is 0.292 e. The van der Waals surface area contributed by atoms with E-state index in [9.17, 15) is 18.0 Å². The van der Waals surface area contributed by atoms with Crippen molar-refractivity contribution < 1.29 is 18.0 Å². The predicted molar refractivity (Wildman–Crippen MR) is 101 cm³/mol. The van der Waals surface area contributed by atoms with Gasteiger partial charge in [-0.05, 0) is 80.0 Å². The van der Waals surface area contributed by atoms with E-state index in [1.54, 1.807) is 0 Å². The van der Waals surface area contributed by atoms with Crippen LogP contribution in [0.2, 0.25) is 0 Å². The van der Waals surface area contributed by atoms with Crippen molar-refractivity contribution in [3.8, 4) is 0 Å². The topological polar surface area (TPSA) is 30.0 Å². The normalized spacial score (nSPS) is 22.3. The number of benzene rings is 1. The third-order valence-electron chi connectivity index (χ3n) is 6.17. The average molecular weight is 387 g/mol. The molecular formula is C23H24F3NO. The number of aromatic nitrogens is 1. The second-order valence-corrected chi connectivity index (χ2v) is 8.07. The Morgan fingerprint density at radius 2 is 1.50 bits per heavy atom. The monoisotopic (exact) mass is 387 g/mol. The summed E-state index contributed by atoms with van der Waals surface area (Å²) in [5.74, 6) is -2.68. The molecule has 0 amide bonds. The number of rotatable bonds is 5. The van der Waals surface area contributed by atoms with Crippen LogP contribution in [0.1, 0.15) is 84.6 Å². The summed E-state index contributed by atoms with van der Waals surface area (Å²) in [7, 11) is 0. The van der Waals surface area contributed by atoms with Crippen molar-refractivity contribution in [2.24, 2.45) is 5.92 Å². The Bertz CT molecular complexity index is 899. The number of hydrogen-bond acceptors (Lipinski definition) is 2. The predicted octanol–water partition coefficient (Wildman–Crippen LogP) is 6.10. The van der Waals surface area contributed by atoms with Gasteiger partial charge in [-0.3, -0.25) is 4.79 Å². The maximum Gasteiger partial charge on any atom is 0.184 e. The van der Waals surface area contributed by atoms with Crippen LogP contribution < -0.4 is 0 Å². The van der Waals surface area contributed by atoms with Gasteiger partial charge in [0.25, 0.3) is 0 Å². The van der Waals surface area contributed by atoms with Crippen LogP contribution in [0.3, 0.4) is 0 Å². The maximum atomic E-state index is 14.1. The minimum absolute atomic E-state index is 0.0846. The number of aryl methyl sites for hydroxylation is 1. The summed E-state index contributed by atoms with van der Waals surface area (Å²) in [5.41, 5.74) is 2.82. The molecule has 148 valence electrons. The van der Waals surface area contributed by atoms with Crippen LogP contribution in [0.25, 0.3) is 0 Å². The summed E-state index contributed by atoms with van der Waals surface area (Å²) in [5, 5.41) is 0. The highest BCUT2D eigenvalue weighted by atomic mass is 19.2. The van der Waals surface area contributed by atoms with Crippen molar-refractivity contribution in [3.05, 3.63) is 64.2 Å². The first kappa shape index (κ1) is 19.2. The molecule has 5 heteroatoms. The molecule has 1 aromatic heterocycles. The highest BCUT2D eigenvalue weighted by Gasteiger charge is 2.34. The van der Waals surface area contributed by atoms with Crippen molar-refractivity contribution in [1.82, 2.24) is 4.98 Å². The van der Waals surface area contributed by atoms with Crippen molar-refractivity contribution in [3.63, 3.8) is 0 Å². The summed E-state index contributed by atoms with van der Waals surface area (Å²) in [4.78, 5) is 17.8. The molecule has 0 spiro atoms. The molecule has 1 heterocycles. The summed E-state index contributed by atoms with van der Waals surface area (Å²) < 4.78 is 40.8. The number of ketones is 1. The molecule has 4 rings (SSSR count). The molecule has 0 aliphatic heterocycles. The van der Waals surface area contributed by atoms with E-state index < -0.39 is 17.5 Å². The van der Waals surface area contributed by atoms with Crippen LogP contribution in [0.5, 0.6) is 0 Å². The van der Waals surface area contributed by atoms with Crippen molar-refractivity contribution >= 4 is 5.78 Å². The lowest BCUT2D eigenvalue weighted by Crippen LogP contribution is -2.24. The van der Waals surface area contributed by atoms with Gasteiger partial charge in [0.15, 0.2) is 17.4 Å². The molecule has 2 saturated carbocycles. The average Bonchev–Trinajstić information content (AvgIpc) is 3.55. The van der Waals surface area contributed by atoms with E-state index in [1.165, 1.54) is 0 Å². The fraction of sp³-hybridized carbons (Fsp3) is 0.478. The van der Waals surface area contributed by atoms with E-state index in [4.69, 9.17) is 0 Å². The van der Waals surface area contributed by atoms with Crippen LogP contribution in [0.15, 0.2) is 24.3 Å². The lowest BCUT2D eigenvalue weighted by molar-refractivity contribution is 0.0876. The summed E-state index contributed by atoms with van der Waals surface area (Å²) in [6, 6.07) is 5.64. The molecule has 0 atom stereocenters. The van der Waals surface area contributed by atoms with E-state index in [2.05, 4.69) is 11.1 Å². The minimum Gasteiger partial charge on any atom is -0.292 e. The molecule has 2 aliphatic rings. The standard InChI is InChI=1S/C23H24F3NO/c1-2-16-9-10-17(13-3-4-13)22(27-16)23(28)15-7-5-14(6-8-15)18-11-20(25)21(26)12-19(18)24/h9-15H,2-8H2,1H3. The van der Waals surface area contributed by atoms with Gasteiger partial charge in [0, 0.05) is 17.7 Å². The quantitative estimate of drug-likeness (QED) is 0.459. The molecule has 2 fully saturated rings. The fourth-order valence-electron chi connectivity index (χ4n) is 4.34. The molecular weight excluding hydrogens is 363 g/mol. The van der Waals surface area contributed by atoms with Crippen LogP contribution >= 0.6 is 0 Å². The van der Waals surface area contributed by atoms with Crippen LogP contribution in [-0.2, 0) is 6.42 Å². The van der Waals surface area contributed by atoms with E-state index in [0.717, 1.165) is 36.6 Å². The molecule has 2 aliphatic carbocycles. The first-order valence-corrected chi connectivity index (χ1v) is 10.2. The lowest BCUT2D eigenvalue weighted by Gasteiger charge is -2.28. The Morgan fingerprint density at radius 1 is 0.893 bits per heavy atom. The third kappa shape index (κ3) is 3.71. The smallest absolute Gasteiger partial charge is 0.184 e. The zero-order valence-electron chi connectivity index (χ0n) is 16.0. The van der Waals surface area contributed by atoms with Gasteiger partial charge >= 0.3 is 0 Å². The van der Waals surface area contributed by atoms with Gasteiger partial charge < -0.3 is 0 Å². The second kappa shape index (κ2) is 7.69. The van der Waals surface area contributed by atoms with Crippen molar-refractivity contribution in [2.75, 3.05) is 0 Å². The van der Waals surface area contributed by atoms with Gasteiger partial charge in [0.2, 0.25) is 0 Å². The van der Waals surface area contributed by atoms with E-state index in [-0.39, 0.29) is 23.2 Å². The Hall–Kier alpha value is -2.17. The van der Waals surface area contributed by atoms with Gasteiger partial charge in [0.1, 0.15) is 11.5 Å². The van der Waals surface area contributed by atoms with Gasteiger partial charge in [-0.1, -0.05) is 13.0 Å². The van der Waals surface area contributed by atoms with Crippen LogP contribution in [0, 0.1) is 23.4 Å². The molecule has 28 heavy (non-hydrogen) atoms. The first-order valence-electron chi connectivity index (χ1n) is 10.2. The minimum atomic E-state index is -1.17. The zero-order chi connectivity index (χ0) is 19.8. The fourth-order valence-corrected chi connectivity index (χ4v) is 4.34. The number of Topliss-reactive ketones (excluding diaryl/α,β-unsaturated/α-hetero) is 1. The van der Waals surface area contributed by atoms with Gasteiger partial charge in [-0.15, -0.1) is 0 Å². The highest BCUT2D eigenvalue weighted by Crippen LogP contribution is 2.43. The number of halogens is 3. The molecule has 0 radical (unpaired) electrons. The zero-order valence-corrected chi connectivity index (χ0v) is 16.0. The number of hydrogen-bond donors (Lipinski definition) is 0. The van der Waals surface area contributed by atoms with E-state index in [0.29, 0.717) is 43.4 Å². The van der Waals surface area contributed by atoms with Crippen LogP contribution in [-0.4, -0.2) is 10.8 Å². The van der Waals surface area contributed by atoms with E-state index >= 15 is 0 Å². The first-order chi connectivity index (χ1) is 13.5. The molecule has 0 unspecified atom stereocenters. The third-order valence-corrected chi connectivity index (χ3v) is 6.17. The lowest BCUT2D eigenvalue weighted by atomic mass is 9.76.